The number of hydrogen-bond acceptors (Lipinski definition) is 6. The van der Waals surface area contributed by atoms with E-state index in [1.807, 2.05) is 55.6 Å². The zero-order valence-corrected chi connectivity index (χ0v) is 19.2. The summed E-state index contributed by atoms with van der Waals surface area (Å²) in [6, 6.07) is 19.1. The summed E-state index contributed by atoms with van der Waals surface area (Å²) >= 11 is 5.91. The van der Waals surface area contributed by atoms with Gasteiger partial charge in [-0.3, -0.25) is 4.79 Å². The molecular weight excluding hydrogens is 440 g/mol. The summed E-state index contributed by atoms with van der Waals surface area (Å²) < 4.78 is 10.7. The molecule has 0 spiro atoms. The summed E-state index contributed by atoms with van der Waals surface area (Å²) in [7, 11) is 1.82. The molecule has 0 saturated heterocycles. The molecule has 0 aliphatic rings. The first-order valence-electron chi connectivity index (χ1n) is 10.9. The Bertz CT molecular complexity index is 1170. The molecule has 0 N–H and O–H groups in total. The smallest absolute Gasteiger partial charge is 0.226 e. The molecule has 8 heteroatoms. The zero-order chi connectivity index (χ0) is 23.0. The molecular formula is C25H25ClN4O3. The van der Waals surface area contributed by atoms with Gasteiger partial charge in [0.2, 0.25) is 17.6 Å². The fourth-order valence-electron chi connectivity index (χ4n) is 3.45. The normalized spacial score (nSPS) is 11.0. The van der Waals surface area contributed by atoms with Gasteiger partial charge in [-0.2, -0.15) is 4.98 Å². The van der Waals surface area contributed by atoms with Crippen LogP contribution in [0.4, 0.5) is 0 Å². The lowest BCUT2D eigenvalue weighted by atomic mass is 10.1. The average molecular weight is 465 g/mol. The minimum absolute atomic E-state index is 0.0926. The lowest BCUT2D eigenvalue weighted by Gasteiger charge is -2.16. The summed E-state index contributed by atoms with van der Waals surface area (Å²) in [5.41, 5.74) is 2.70. The van der Waals surface area contributed by atoms with Crippen molar-refractivity contribution < 1.29 is 13.8 Å². The molecule has 4 rings (SSSR count). The SMILES string of the molecule is CN(CCCc1cc(-c2ccccc2)no1)C(=O)CCCc1nc(-c2ccc(Cl)cc2)no1. The van der Waals surface area contributed by atoms with Gasteiger partial charge in [-0.25, -0.2) is 0 Å². The molecule has 33 heavy (non-hydrogen) atoms. The molecule has 0 unspecified atom stereocenters. The second kappa shape index (κ2) is 10.9. The van der Waals surface area contributed by atoms with Gasteiger partial charge in [-0.05, 0) is 37.1 Å². The van der Waals surface area contributed by atoms with Gasteiger partial charge in [-0.15, -0.1) is 0 Å². The van der Waals surface area contributed by atoms with E-state index >= 15 is 0 Å². The maximum Gasteiger partial charge on any atom is 0.226 e. The Morgan fingerprint density at radius 3 is 2.52 bits per heavy atom. The van der Waals surface area contributed by atoms with Crippen molar-refractivity contribution in [3.05, 3.63) is 77.3 Å². The van der Waals surface area contributed by atoms with Crippen LogP contribution in [0.3, 0.4) is 0 Å². The predicted octanol–water partition coefficient (Wildman–Crippen LogP) is 5.46. The van der Waals surface area contributed by atoms with Crippen LogP contribution in [-0.4, -0.2) is 39.7 Å². The first-order valence-corrected chi connectivity index (χ1v) is 11.3. The van der Waals surface area contributed by atoms with Crippen LogP contribution in [0.1, 0.15) is 30.9 Å². The third-order valence-corrected chi connectivity index (χ3v) is 5.57. The monoisotopic (exact) mass is 464 g/mol. The second-order valence-corrected chi connectivity index (χ2v) is 8.27. The van der Waals surface area contributed by atoms with E-state index in [2.05, 4.69) is 15.3 Å². The predicted molar refractivity (Wildman–Crippen MR) is 126 cm³/mol. The number of carbonyl (C=O) groups is 1. The molecule has 0 aliphatic heterocycles. The third kappa shape index (κ3) is 6.29. The van der Waals surface area contributed by atoms with Crippen molar-refractivity contribution in [2.75, 3.05) is 13.6 Å². The summed E-state index contributed by atoms with van der Waals surface area (Å²) in [4.78, 5) is 18.6. The lowest BCUT2D eigenvalue weighted by Crippen LogP contribution is -2.27. The van der Waals surface area contributed by atoms with E-state index in [9.17, 15) is 4.79 Å². The van der Waals surface area contributed by atoms with E-state index in [0.717, 1.165) is 35.4 Å². The van der Waals surface area contributed by atoms with Gasteiger partial charge in [0, 0.05) is 55.1 Å². The molecule has 0 aliphatic carbocycles. The number of hydrogen-bond donors (Lipinski definition) is 0. The molecule has 2 heterocycles. The highest BCUT2D eigenvalue weighted by Crippen LogP contribution is 2.20. The number of amides is 1. The van der Waals surface area contributed by atoms with Crippen molar-refractivity contribution in [3.63, 3.8) is 0 Å². The number of rotatable bonds is 10. The van der Waals surface area contributed by atoms with Gasteiger partial charge in [0.05, 0.1) is 0 Å². The van der Waals surface area contributed by atoms with Crippen molar-refractivity contribution in [1.29, 1.82) is 0 Å². The Labute approximate surface area is 197 Å². The van der Waals surface area contributed by atoms with Crippen molar-refractivity contribution >= 4 is 17.5 Å². The van der Waals surface area contributed by atoms with Gasteiger partial charge in [-0.1, -0.05) is 52.2 Å². The highest BCUT2D eigenvalue weighted by molar-refractivity contribution is 6.30. The first-order chi connectivity index (χ1) is 16.1. The second-order valence-electron chi connectivity index (χ2n) is 7.84. The van der Waals surface area contributed by atoms with E-state index < -0.39 is 0 Å². The standard InChI is InChI=1S/C25H25ClN4O3/c1-30(16-6-9-21-17-22(28-32-21)18-7-3-2-4-8-18)24(31)11-5-10-23-27-25(29-33-23)19-12-14-20(26)15-13-19/h2-4,7-8,12-15,17H,5-6,9-11,16H2,1H3. The molecule has 0 radical (unpaired) electrons. The minimum Gasteiger partial charge on any atom is -0.361 e. The average Bonchev–Trinajstić information content (AvgIpc) is 3.50. The van der Waals surface area contributed by atoms with Crippen LogP contribution in [0, 0.1) is 0 Å². The summed E-state index contributed by atoms with van der Waals surface area (Å²) in [6.45, 7) is 0.654. The third-order valence-electron chi connectivity index (χ3n) is 5.32. The Kier molecular flexibility index (Phi) is 7.52. The highest BCUT2D eigenvalue weighted by Gasteiger charge is 2.13. The zero-order valence-electron chi connectivity index (χ0n) is 18.4. The van der Waals surface area contributed by atoms with Crippen LogP contribution < -0.4 is 0 Å². The van der Waals surface area contributed by atoms with Crippen molar-refractivity contribution in [2.24, 2.45) is 0 Å². The van der Waals surface area contributed by atoms with E-state index in [-0.39, 0.29) is 5.91 Å². The fourth-order valence-corrected chi connectivity index (χ4v) is 3.57. The van der Waals surface area contributed by atoms with Crippen LogP contribution in [0.15, 0.2) is 69.7 Å². The number of carbonyl (C=O) groups excluding carboxylic acids is 1. The van der Waals surface area contributed by atoms with Crippen LogP contribution in [0.25, 0.3) is 22.6 Å². The number of halogens is 1. The van der Waals surface area contributed by atoms with E-state index in [1.165, 1.54) is 0 Å². The number of nitrogens with zero attached hydrogens (tertiary/aromatic N) is 4. The van der Waals surface area contributed by atoms with E-state index in [1.54, 1.807) is 17.0 Å². The molecule has 0 atom stereocenters. The quantitative estimate of drug-likeness (QED) is 0.310. The minimum atomic E-state index is 0.0926. The topological polar surface area (TPSA) is 85.3 Å². The van der Waals surface area contributed by atoms with Crippen LogP contribution in [-0.2, 0) is 17.6 Å². The van der Waals surface area contributed by atoms with Gasteiger partial charge < -0.3 is 13.9 Å². The van der Waals surface area contributed by atoms with Gasteiger partial charge >= 0.3 is 0 Å². The van der Waals surface area contributed by atoms with Crippen LogP contribution in [0.5, 0.6) is 0 Å². The highest BCUT2D eigenvalue weighted by atomic mass is 35.5. The Morgan fingerprint density at radius 1 is 0.939 bits per heavy atom. The Balaban J connectivity index is 1.17. The van der Waals surface area contributed by atoms with Gasteiger partial charge in [0.25, 0.3) is 0 Å². The molecule has 1 amide bonds. The molecule has 4 aromatic rings. The molecule has 7 nitrogen and oxygen atoms in total. The maximum atomic E-state index is 12.4. The summed E-state index contributed by atoms with van der Waals surface area (Å²) in [6.07, 6.45) is 3.16. The van der Waals surface area contributed by atoms with Crippen molar-refractivity contribution in [3.8, 4) is 22.6 Å². The number of aryl methyl sites for hydroxylation is 2. The van der Waals surface area contributed by atoms with E-state index in [0.29, 0.717) is 42.5 Å². The fraction of sp³-hybridized carbons (Fsp3) is 0.280. The van der Waals surface area contributed by atoms with Crippen molar-refractivity contribution in [1.82, 2.24) is 20.2 Å². The maximum absolute atomic E-state index is 12.4. The lowest BCUT2D eigenvalue weighted by molar-refractivity contribution is -0.130. The van der Waals surface area contributed by atoms with Crippen LogP contribution >= 0.6 is 11.6 Å². The largest absolute Gasteiger partial charge is 0.361 e. The van der Waals surface area contributed by atoms with Crippen molar-refractivity contribution in [2.45, 2.75) is 32.1 Å². The van der Waals surface area contributed by atoms with Gasteiger partial charge in [0.1, 0.15) is 11.5 Å². The molecule has 2 aromatic carbocycles. The van der Waals surface area contributed by atoms with Gasteiger partial charge in [0.15, 0.2) is 0 Å². The molecule has 2 aromatic heterocycles. The summed E-state index contributed by atoms with van der Waals surface area (Å²) in [5.74, 6) is 1.96. The first kappa shape index (κ1) is 22.7. The molecule has 0 saturated carbocycles. The molecule has 0 fully saturated rings. The Hall–Kier alpha value is -3.45. The summed E-state index contributed by atoms with van der Waals surface area (Å²) in [5, 5.41) is 8.79. The number of benzene rings is 2. The molecule has 0 bridgehead atoms. The van der Waals surface area contributed by atoms with Crippen LogP contribution in [0.2, 0.25) is 5.02 Å². The Morgan fingerprint density at radius 2 is 1.73 bits per heavy atom. The number of aromatic nitrogens is 3. The molecule has 170 valence electrons. The van der Waals surface area contributed by atoms with E-state index in [4.69, 9.17) is 20.6 Å².